The first-order chi connectivity index (χ1) is 8.83. The van der Waals surface area contributed by atoms with E-state index in [1.807, 2.05) is 6.07 Å². The van der Waals surface area contributed by atoms with Gasteiger partial charge in [-0.2, -0.15) is 5.10 Å². The molecular weight excluding hydrogens is 232 g/mol. The Balaban J connectivity index is 1.96. The Morgan fingerprint density at radius 2 is 1.94 bits per heavy atom. The van der Waals surface area contributed by atoms with Crippen LogP contribution in [0.3, 0.4) is 0 Å². The van der Waals surface area contributed by atoms with E-state index >= 15 is 0 Å². The summed E-state index contributed by atoms with van der Waals surface area (Å²) in [6, 6.07) is 3.71. The Kier molecular flexibility index (Phi) is 4.86. The predicted octanol–water partition coefficient (Wildman–Crippen LogP) is -0.527. The Morgan fingerprint density at radius 1 is 1.06 bits per heavy atom. The zero-order valence-corrected chi connectivity index (χ0v) is 10.5. The summed E-state index contributed by atoms with van der Waals surface area (Å²) in [4.78, 5) is 4.46. The summed E-state index contributed by atoms with van der Waals surface area (Å²) in [7, 11) is 0. The van der Waals surface area contributed by atoms with Gasteiger partial charge in [0.2, 0.25) is 0 Å². The first-order valence-electron chi connectivity index (χ1n) is 6.35. The van der Waals surface area contributed by atoms with Gasteiger partial charge >= 0.3 is 0 Å². The molecule has 0 aromatic carbocycles. The Morgan fingerprint density at radius 3 is 2.61 bits per heavy atom. The van der Waals surface area contributed by atoms with Gasteiger partial charge < -0.3 is 15.1 Å². The molecule has 0 radical (unpaired) electrons. The number of aliphatic hydroxyl groups is 2. The number of aliphatic hydroxyl groups excluding tert-OH is 2. The van der Waals surface area contributed by atoms with Crippen LogP contribution in [0.5, 0.6) is 0 Å². The highest BCUT2D eigenvalue weighted by Gasteiger charge is 2.15. The van der Waals surface area contributed by atoms with Crippen LogP contribution in [0, 0.1) is 0 Å². The molecule has 0 bridgehead atoms. The number of rotatable bonds is 4. The van der Waals surface area contributed by atoms with Crippen molar-refractivity contribution in [2.24, 2.45) is 0 Å². The molecule has 1 aliphatic heterocycles. The lowest BCUT2D eigenvalue weighted by Gasteiger charge is -2.21. The van der Waals surface area contributed by atoms with Crippen molar-refractivity contribution >= 4 is 5.82 Å². The molecule has 2 rings (SSSR count). The highest BCUT2D eigenvalue weighted by Crippen LogP contribution is 2.12. The Labute approximate surface area is 107 Å². The van der Waals surface area contributed by atoms with Gasteiger partial charge in [0, 0.05) is 26.2 Å². The van der Waals surface area contributed by atoms with Gasteiger partial charge in [-0.1, -0.05) is 0 Å². The van der Waals surface area contributed by atoms with Crippen molar-refractivity contribution in [2.75, 3.05) is 44.2 Å². The highest BCUT2D eigenvalue weighted by atomic mass is 16.3. The molecule has 2 N–H and O–H groups in total. The van der Waals surface area contributed by atoms with Crippen LogP contribution in [0.4, 0.5) is 5.82 Å². The van der Waals surface area contributed by atoms with E-state index in [1.54, 1.807) is 6.07 Å². The molecule has 100 valence electrons. The monoisotopic (exact) mass is 252 g/mol. The fraction of sp³-hybridized carbons (Fsp3) is 0.667. The van der Waals surface area contributed by atoms with Crippen molar-refractivity contribution in [3.05, 3.63) is 17.8 Å². The van der Waals surface area contributed by atoms with Crippen LogP contribution in [0.1, 0.15) is 12.1 Å². The molecule has 0 aliphatic carbocycles. The van der Waals surface area contributed by atoms with E-state index in [2.05, 4.69) is 20.0 Å². The first kappa shape index (κ1) is 13.2. The molecule has 18 heavy (non-hydrogen) atoms. The van der Waals surface area contributed by atoms with Crippen molar-refractivity contribution in [3.8, 4) is 0 Å². The molecule has 0 unspecified atom stereocenters. The Bertz CT molecular complexity index is 358. The topological polar surface area (TPSA) is 72.7 Å². The van der Waals surface area contributed by atoms with Crippen molar-refractivity contribution in [1.29, 1.82) is 0 Å². The van der Waals surface area contributed by atoms with E-state index in [9.17, 15) is 0 Å². The van der Waals surface area contributed by atoms with Crippen molar-refractivity contribution < 1.29 is 10.2 Å². The molecule has 1 aromatic rings. The van der Waals surface area contributed by atoms with Crippen molar-refractivity contribution in [1.82, 2.24) is 15.1 Å². The second-order valence-electron chi connectivity index (χ2n) is 4.45. The maximum absolute atomic E-state index is 8.95. The zero-order valence-electron chi connectivity index (χ0n) is 10.5. The summed E-state index contributed by atoms with van der Waals surface area (Å²) in [5, 5.41) is 26.0. The summed E-state index contributed by atoms with van der Waals surface area (Å²) >= 11 is 0. The number of β-amino-alcohol motifs (C(OH)–C–C–N with tert-alkyl or cyclic N) is 1. The normalized spacial score (nSPS) is 17.8. The SMILES string of the molecule is OCCN1CCCN(c2ccc(CO)nn2)CC1. The van der Waals surface area contributed by atoms with Gasteiger partial charge in [0.05, 0.1) is 18.9 Å². The van der Waals surface area contributed by atoms with Crippen LogP contribution in [0.15, 0.2) is 12.1 Å². The lowest BCUT2D eigenvalue weighted by molar-refractivity contribution is 0.204. The van der Waals surface area contributed by atoms with Crippen LogP contribution < -0.4 is 4.90 Å². The third-order valence-electron chi connectivity index (χ3n) is 3.20. The van der Waals surface area contributed by atoms with E-state index in [0.29, 0.717) is 5.69 Å². The van der Waals surface area contributed by atoms with E-state index < -0.39 is 0 Å². The van der Waals surface area contributed by atoms with Gasteiger partial charge in [0.15, 0.2) is 5.82 Å². The van der Waals surface area contributed by atoms with Gasteiger partial charge in [0.25, 0.3) is 0 Å². The summed E-state index contributed by atoms with van der Waals surface area (Å²) < 4.78 is 0. The molecule has 6 heteroatoms. The summed E-state index contributed by atoms with van der Waals surface area (Å²) in [6.45, 7) is 4.68. The lowest BCUT2D eigenvalue weighted by Crippen LogP contribution is -2.32. The largest absolute Gasteiger partial charge is 0.395 e. The molecule has 0 amide bonds. The summed E-state index contributed by atoms with van der Waals surface area (Å²) in [6.07, 6.45) is 1.06. The number of aromatic nitrogens is 2. The lowest BCUT2D eigenvalue weighted by atomic mass is 10.3. The smallest absolute Gasteiger partial charge is 0.151 e. The minimum Gasteiger partial charge on any atom is -0.395 e. The summed E-state index contributed by atoms with van der Waals surface area (Å²) in [5.74, 6) is 0.859. The first-order valence-corrected chi connectivity index (χ1v) is 6.35. The third-order valence-corrected chi connectivity index (χ3v) is 3.20. The average molecular weight is 252 g/mol. The maximum atomic E-state index is 8.95. The van der Waals surface area contributed by atoms with E-state index in [1.165, 1.54) is 0 Å². The standard InChI is InChI=1S/C12H20N4O2/c17-9-8-15-4-1-5-16(7-6-15)12-3-2-11(10-18)13-14-12/h2-3,17-18H,1,4-10H2. The van der Waals surface area contributed by atoms with Crippen molar-refractivity contribution in [2.45, 2.75) is 13.0 Å². The molecule has 1 aromatic heterocycles. The van der Waals surface area contributed by atoms with E-state index in [4.69, 9.17) is 10.2 Å². The molecule has 0 saturated carbocycles. The number of hydrogen-bond donors (Lipinski definition) is 2. The fourth-order valence-electron chi connectivity index (χ4n) is 2.17. The molecule has 1 aliphatic rings. The zero-order chi connectivity index (χ0) is 12.8. The van der Waals surface area contributed by atoms with E-state index in [0.717, 1.165) is 45.0 Å². The number of anilines is 1. The minimum atomic E-state index is -0.0719. The summed E-state index contributed by atoms with van der Waals surface area (Å²) in [5.41, 5.74) is 0.593. The van der Waals surface area contributed by atoms with Crippen LogP contribution in [-0.2, 0) is 6.61 Å². The molecule has 1 saturated heterocycles. The van der Waals surface area contributed by atoms with Gasteiger partial charge in [0.1, 0.15) is 0 Å². The van der Waals surface area contributed by atoms with Crippen LogP contribution in [-0.4, -0.2) is 64.6 Å². The fourth-order valence-corrected chi connectivity index (χ4v) is 2.17. The quantitative estimate of drug-likeness (QED) is 0.751. The van der Waals surface area contributed by atoms with Crippen LogP contribution >= 0.6 is 0 Å². The minimum absolute atomic E-state index is 0.0719. The molecule has 1 fully saturated rings. The second kappa shape index (κ2) is 6.63. The van der Waals surface area contributed by atoms with Gasteiger partial charge in [-0.3, -0.25) is 4.90 Å². The number of hydrogen-bond acceptors (Lipinski definition) is 6. The highest BCUT2D eigenvalue weighted by molar-refractivity contribution is 5.37. The van der Waals surface area contributed by atoms with Crippen molar-refractivity contribution in [3.63, 3.8) is 0 Å². The van der Waals surface area contributed by atoms with Crippen LogP contribution in [0.2, 0.25) is 0 Å². The maximum Gasteiger partial charge on any atom is 0.151 e. The number of nitrogens with zero attached hydrogens (tertiary/aromatic N) is 4. The van der Waals surface area contributed by atoms with Gasteiger partial charge in [-0.05, 0) is 25.1 Å². The molecule has 6 nitrogen and oxygen atoms in total. The van der Waals surface area contributed by atoms with Gasteiger partial charge in [-0.25, -0.2) is 0 Å². The van der Waals surface area contributed by atoms with Crippen LogP contribution in [0.25, 0.3) is 0 Å². The predicted molar refractivity (Wildman–Crippen MR) is 68.3 cm³/mol. The van der Waals surface area contributed by atoms with Gasteiger partial charge in [-0.15, -0.1) is 5.10 Å². The average Bonchev–Trinajstić information content (AvgIpc) is 2.65. The molecule has 0 atom stereocenters. The molecule has 0 spiro atoms. The molecule has 2 heterocycles. The Hall–Kier alpha value is -1.24. The second-order valence-corrected chi connectivity index (χ2v) is 4.45. The molecular formula is C12H20N4O2. The van der Waals surface area contributed by atoms with E-state index in [-0.39, 0.29) is 13.2 Å². The third kappa shape index (κ3) is 3.38.